The highest BCUT2D eigenvalue weighted by Crippen LogP contribution is 2.68. The van der Waals surface area contributed by atoms with E-state index in [2.05, 4.69) is 31.1 Å². The molecule has 2 aromatic rings. The lowest BCUT2D eigenvalue weighted by Gasteiger charge is -2.62. The predicted octanol–water partition coefficient (Wildman–Crippen LogP) is 4.75. The topological polar surface area (TPSA) is 180 Å². The van der Waals surface area contributed by atoms with E-state index in [0.717, 1.165) is 61.4 Å². The molecule has 4 saturated carbocycles. The highest BCUT2D eigenvalue weighted by atomic mass is 16.4. The molecule has 4 aliphatic rings. The first-order valence-electron chi connectivity index (χ1n) is 17.5. The molecule has 0 aliphatic heterocycles. The van der Waals surface area contributed by atoms with Crippen LogP contribution in [0.5, 0.6) is 0 Å². The van der Waals surface area contributed by atoms with Crippen molar-refractivity contribution in [2.24, 2.45) is 46.3 Å². The van der Waals surface area contributed by atoms with Crippen LogP contribution in [0.2, 0.25) is 0 Å². The number of nitrogens with one attached hydrogen (secondary N) is 2. The summed E-state index contributed by atoms with van der Waals surface area (Å²) in [4.78, 5) is 36.2. The van der Waals surface area contributed by atoms with E-state index >= 15 is 0 Å². The standard InChI is InChI=1S/C26H43NO5.C11H11NO3/c1-15(4-7-22(30)27-14-23(31)32)18-5-6-19-24-20(9-11-26(18,19)3)25(2)10-8-17(28)12-16(25)13-21(24)29;13-10(11(14)15)5-7-6-12-9-4-2-1-3-8(7)9/h15-21,24,28-29H,4-14H2,1-3H3,(H,27,30)(H,31,32);1-4,6,10,12-13H,5H2,(H,14,15)/t15-,16+,17-,18-,19+,20+,21-,24+,25+,26-;/m1./s1. The van der Waals surface area contributed by atoms with Gasteiger partial charge in [0.15, 0.2) is 6.10 Å². The first-order valence-corrected chi connectivity index (χ1v) is 17.5. The van der Waals surface area contributed by atoms with E-state index in [0.29, 0.717) is 41.9 Å². The van der Waals surface area contributed by atoms with E-state index in [1.54, 1.807) is 6.20 Å². The Bertz CT molecular complexity index is 1430. The minimum absolute atomic E-state index is 0.124. The number of hydrogen-bond acceptors (Lipinski definition) is 6. The van der Waals surface area contributed by atoms with Crippen molar-refractivity contribution in [3.8, 4) is 0 Å². The lowest BCUT2D eigenvalue weighted by atomic mass is 9.43. The number of carboxylic acids is 2. The summed E-state index contributed by atoms with van der Waals surface area (Å²) in [5.74, 6) is 0.464. The van der Waals surface area contributed by atoms with Gasteiger partial charge in [-0.1, -0.05) is 39.0 Å². The number of aliphatic hydroxyl groups is 3. The zero-order chi connectivity index (χ0) is 34.1. The normalized spacial score (nSPS) is 35.7. The van der Waals surface area contributed by atoms with Gasteiger partial charge in [-0.2, -0.15) is 0 Å². The molecular formula is C37H54N2O8. The first-order chi connectivity index (χ1) is 22.2. The van der Waals surface area contributed by atoms with Crippen molar-refractivity contribution in [1.29, 1.82) is 0 Å². The maximum absolute atomic E-state index is 12.0. The van der Waals surface area contributed by atoms with Gasteiger partial charge in [0, 0.05) is 29.9 Å². The van der Waals surface area contributed by atoms with Crippen LogP contribution in [0.4, 0.5) is 0 Å². The van der Waals surface area contributed by atoms with Crippen LogP contribution in [0.3, 0.4) is 0 Å². The molecule has 10 heteroatoms. The first kappa shape index (κ1) is 35.4. The summed E-state index contributed by atoms with van der Waals surface area (Å²) in [5.41, 5.74) is 2.22. The fourth-order valence-electron chi connectivity index (χ4n) is 10.6. The number of aliphatic hydroxyl groups excluding tert-OH is 3. The molecule has 4 aliphatic carbocycles. The van der Waals surface area contributed by atoms with E-state index in [4.69, 9.17) is 10.2 Å². The van der Waals surface area contributed by atoms with Crippen molar-refractivity contribution >= 4 is 28.7 Å². The summed E-state index contributed by atoms with van der Waals surface area (Å²) in [7, 11) is 0. The average Bonchev–Trinajstić information content (AvgIpc) is 3.60. The average molecular weight is 655 g/mol. The highest BCUT2D eigenvalue weighted by molar-refractivity contribution is 5.84. The molecule has 260 valence electrons. The number of amides is 1. The number of carboxylic acid groups (broad SMARTS) is 2. The van der Waals surface area contributed by atoms with Crippen LogP contribution in [0.25, 0.3) is 10.9 Å². The summed E-state index contributed by atoms with van der Waals surface area (Å²) in [6.45, 7) is 6.83. The summed E-state index contributed by atoms with van der Waals surface area (Å²) < 4.78 is 0. The minimum Gasteiger partial charge on any atom is -0.480 e. The van der Waals surface area contributed by atoms with Gasteiger partial charge in [0.2, 0.25) is 5.91 Å². The van der Waals surface area contributed by atoms with E-state index in [9.17, 15) is 29.7 Å². The van der Waals surface area contributed by atoms with Crippen LogP contribution in [0, 0.1) is 46.3 Å². The van der Waals surface area contributed by atoms with Crippen molar-refractivity contribution in [1.82, 2.24) is 10.3 Å². The lowest BCUT2D eigenvalue weighted by molar-refractivity contribution is -0.174. The molecule has 0 radical (unpaired) electrons. The number of aromatic amines is 1. The molecule has 7 N–H and O–H groups in total. The van der Waals surface area contributed by atoms with Crippen molar-refractivity contribution in [3.63, 3.8) is 0 Å². The Morgan fingerprint density at radius 1 is 0.979 bits per heavy atom. The number of rotatable bonds is 9. The maximum Gasteiger partial charge on any atom is 0.332 e. The van der Waals surface area contributed by atoms with E-state index in [-0.39, 0.29) is 41.9 Å². The van der Waals surface area contributed by atoms with E-state index in [1.165, 1.54) is 12.8 Å². The minimum atomic E-state index is -1.34. The summed E-state index contributed by atoms with van der Waals surface area (Å²) in [6.07, 6.45) is 9.57. The zero-order valence-electron chi connectivity index (χ0n) is 28.0. The van der Waals surface area contributed by atoms with Crippen LogP contribution >= 0.6 is 0 Å². The molecule has 1 heterocycles. The van der Waals surface area contributed by atoms with Gasteiger partial charge in [0.25, 0.3) is 0 Å². The second-order valence-corrected chi connectivity index (χ2v) is 15.6. The van der Waals surface area contributed by atoms with E-state index in [1.807, 2.05) is 24.3 Å². The third-order valence-corrected chi connectivity index (χ3v) is 13.1. The number of aromatic nitrogens is 1. The Kier molecular flexibility index (Phi) is 10.7. The number of H-pyrrole nitrogens is 1. The van der Waals surface area contributed by atoms with Gasteiger partial charge in [-0.3, -0.25) is 9.59 Å². The fourth-order valence-corrected chi connectivity index (χ4v) is 10.6. The van der Waals surface area contributed by atoms with Gasteiger partial charge in [0.05, 0.1) is 12.2 Å². The van der Waals surface area contributed by atoms with Gasteiger partial charge in [0.1, 0.15) is 6.54 Å². The quantitative estimate of drug-likeness (QED) is 0.202. The smallest absolute Gasteiger partial charge is 0.332 e. The molecular weight excluding hydrogens is 600 g/mol. The molecule has 4 fully saturated rings. The fraction of sp³-hybridized carbons (Fsp3) is 0.703. The number of aliphatic carboxylic acids is 2. The number of fused-ring (bicyclic) bond motifs is 6. The molecule has 6 rings (SSSR count). The van der Waals surface area contributed by atoms with Gasteiger partial charge >= 0.3 is 11.9 Å². The molecule has 1 aromatic carbocycles. The third kappa shape index (κ3) is 7.25. The monoisotopic (exact) mass is 654 g/mol. The predicted molar refractivity (Wildman–Crippen MR) is 177 cm³/mol. The van der Waals surface area contributed by atoms with Crippen LogP contribution in [0.15, 0.2) is 30.5 Å². The van der Waals surface area contributed by atoms with Crippen molar-refractivity contribution in [2.45, 2.75) is 110 Å². The Labute approximate surface area is 277 Å². The SMILES string of the molecule is C[C@H](CCC(=O)NCC(=O)O)[C@H]1CC[C@H]2[C@@H]3[C@H](O)C[C@@H]4C[C@H](O)CC[C@]4(C)[C@H]3CC[C@]12C.O=C(O)C(O)Cc1c[nH]c2ccccc12. The molecule has 1 amide bonds. The van der Waals surface area contributed by atoms with Gasteiger partial charge in [-0.15, -0.1) is 0 Å². The largest absolute Gasteiger partial charge is 0.480 e. The van der Waals surface area contributed by atoms with Crippen LogP contribution in [-0.4, -0.2) is 73.2 Å². The van der Waals surface area contributed by atoms with Gasteiger partial charge in [-0.05, 0) is 116 Å². The summed E-state index contributed by atoms with van der Waals surface area (Å²) >= 11 is 0. The zero-order valence-corrected chi connectivity index (χ0v) is 28.0. The lowest BCUT2D eigenvalue weighted by Crippen LogP contribution is -2.58. The Hall–Kier alpha value is -2.95. The van der Waals surface area contributed by atoms with E-state index < -0.39 is 18.0 Å². The van der Waals surface area contributed by atoms with Gasteiger partial charge < -0.3 is 35.8 Å². The summed E-state index contributed by atoms with van der Waals surface area (Å²) in [5, 5.41) is 51.6. The third-order valence-electron chi connectivity index (χ3n) is 13.1. The van der Waals surface area contributed by atoms with Crippen LogP contribution < -0.4 is 5.32 Å². The Balaban J connectivity index is 0.000000241. The maximum atomic E-state index is 12.0. The van der Waals surface area contributed by atoms with Crippen molar-refractivity contribution < 1.29 is 39.9 Å². The van der Waals surface area contributed by atoms with Gasteiger partial charge in [-0.25, -0.2) is 4.79 Å². The Morgan fingerprint density at radius 2 is 1.68 bits per heavy atom. The molecule has 1 unspecified atom stereocenters. The van der Waals surface area contributed by atoms with Crippen LogP contribution in [-0.2, 0) is 20.8 Å². The molecule has 0 bridgehead atoms. The van der Waals surface area contributed by atoms with Crippen molar-refractivity contribution in [2.75, 3.05) is 6.54 Å². The summed E-state index contributed by atoms with van der Waals surface area (Å²) in [6, 6.07) is 7.59. The molecule has 11 atom stereocenters. The number of benzene rings is 1. The second kappa shape index (κ2) is 14.3. The van der Waals surface area contributed by atoms with Crippen molar-refractivity contribution in [3.05, 3.63) is 36.0 Å². The number of carbonyl (C=O) groups is 3. The number of para-hydroxylation sites is 1. The highest BCUT2D eigenvalue weighted by Gasteiger charge is 2.62. The van der Waals surface area contributed by atoms with Crippen LogP contribution in [0.1, 0.15) is 90.5 Å². The molecule has 0 spiro atoms. The molecule has 10 nitrogen and oxygen atoms in total. The number of carbonyl (C=O) groups excluding carboxylic acids is 1. The second-order valence-electron chi connectivity index (χ2n) is 15.6. The number of hydrogen-bond donors (Lipinski definition) is 7. The molecule has 47 heavy (non-hydrogen) atoms. The Morgan fingerprint density at radius 3 is 2.40 bits per heavy atom. The molecule has 1 aromatic heterocycles. The molecule has 0 saturated heterocycles.